The van der Waals surface area contributed by atoms with Crippen LogP contribution in [-0.2, 0) is 7.05 Å². The number of aliphatic imine (C=N–C) groups is 2. The van der Waals surface area contributed by atoms with Crippen molar-refractivity contribution < 1.29 is 9.90 Å². The molecule has 0 fully saturated rings. The van der Waals surface area contributed by atoms with E-state index in [-0.39, 0.29) is 5.56 Å². The molecule has 0 spiro atoms. The minimum absolute atomic E-state index is 0.237. The van der Waals surface area contributed by atoms with Gasteiger partial charge in [0, 0.05) is 46.9 Å². The summed E-state index contributed by atoms with van der Waals surface area (Å²) in [5, 5.41) is 16.5. The van der Waals surface area contributed by atoms with Gasteiger partial charge in [-0.15, -0.1) is 0 Å². The van der Waals surface area contributed by atoms with Gasteiger partial charge in [0.25, 0.3) is 0 Å². The van der Waals surface area contributed by atoms with Gasteiger partial charge in [-0.1, -0.05) is 17.7 Å². The predicted octanol–water partition coefficient (Wildman–Crippen LogP) is 4.01. The van der Waals surface area contributed by atoms with E-state index in [0.29, 0.717) is 11.6 Å². The molecule has 2 aromatic carbocycles. The van der Waals surface area contributed by atoms with Crippen molar-refractivity contribution in [2.75, 3.05) is 11.9 Å². The number of hydrogen-bond acceptors (Lipinski definition) is 5. The Bertz CT molecular complexity index is 1300. The van der Waals surface area contributed by atoms with E-state index in [1.54, 1.807) is 24.3 Å². The molecule has 8 heteroatoms. The van der Waals surface area contributed by atoms with Gasteiger partial charge in [-0.3, -0.25) is 4.99 Å². The summed E-state index contributed by atoms with van der Waals surface area (Å²) in [7, 11) is 2.00. The lowest BCUT2D eigenvalue weighted by atomic mass is 9.97. The highest BCUT2D eigenvalue weighted by molar-refractivity contribution is 6.31. The van der Waals surface area contributed by atoms with Crippen LogP contribution in [0.5, 0.6) is 0 Å². The molecule has 160 valence electrons. The van der Waals surface area contributed by atoms with Crippen molar-refractivity contribution in [3.05, 3.63) is 93.8 Å². The van der Waals surface area contributed by atoms with Crippen LogP contribution in [0.1, 0.15) is 27.2 Å². The third-order valence-corrected chi connectivity index (χ3v) is 5.75. The number of aromatic carboxylic acids is 1. The number of halogens is 1. The fourth-order valence-electron chi connectivity index (χ4n) is 3.91. The van der Waals surface area contributed by atoms with Crippen molar-refractivity contribution in [1.82, 2.24) is 9.88 Å². The minimum Gasteiger partial charge on any atom is -0.478 e. The topological polar surface area (TPSA) is 91.0 Å². The van der Waals surface area contributed by atoms with Crippen LogP contribution >= 0.6 is 11.6 Å². The summed E-state index contributed by atoms with van der Waals surface area (Å²) in [5.74, 6) is -0.956. The first-order valence-corrected chi connectivity index (χ1v) is 10.5. The number of fused-ring (bicyclic) bond motifs is 2. The zero-order valence-corrected chi connectivity index (χ0v) is 18.0. The lowest BCUT2D eigenvalue weighted by molar-refractivity contribution is 0.0697. The smallest absolute Gasteiger partial charge is 0.335 e. The number of nitrogens with one attached hydrogen (secondary N) is 2. The molecule has 2 aliphatic heterocycles. The van der Waals surface area contributed by atoms with Crippen LogP contribution in [0, 0.1) is 0 Å². The van der Waals surface area contributed by atoms with Gasteiger partial charge >= 0.3 is 5.97 Å². The Morgan fingerprint density at radius 3 is 2.72 bits per heavy atom. The van der Waals surface area contributed by atoms with Crippen molar-refractivity contribution in [3.8, 4) is 0 Å². The summed E-state index contributed by atoms with van der Waals surface area (Å²) in [5.41, 5.74) is 6.78. The van der Waals surface area contributed by atoms with Gasteiger partial charge in [0.15, 0.2) is 6.29 Å². The third-order valence-electron chi connectivity index (χ3n) is 5.52. The van der Waals surface area contributed by atoms with Gasteiger partial charge in [-0.2, -0.15) is 0 Å². The first kappa shape index (κ1) is 20.1. The molecule has 5 rings (SSSR count). The second kappa shape index (κ2) is 8.01. The van der Waals surface area contributed by atoms with Crippen molar-refractivity contribution >= 4 is 40.9 Å². The first-order valence-electron chi connectivity index (χ1n) is 10.1. The maximum atomic E-state index is 11.1. The number of anilines is 1. The quantitative estimate of drug-likeness (QED) is 0.566. The highest BCUT2D eigenvalue weighted by Gasteiger charge is 2.25. The van der Waals surface area contributed by atoms with E-state index < -0.39 is 12.3 Å². The van der Waals surface area contributed by atoms with E-state index in [9.17, 15) is 4.79 Å². The van der Waals surface area contributed by atoms with Crippen LogP contribution in [0.2, 0.25) is 5.02 Å². The Hall–Kier alpha value is -3.84. The van der Waals surface area contributed by atoms with E-state index in [0.717, 1.165) is 39.5 Å². The second-order valence-corrected chi connectivity index (χ2v) is 8.05. The maximum absolute atomic E-state index is 11.1. The molecule has 0 bridgehead atoms. The molecule has 1 unspecified atom stereocenters. The molecule has 3 aromatic rings. The van der Waals surface area contributed by atoms with Gasteiger partial charge in [0.1, 0.15) is 0 Å². The maximum Gasteiger partial charge on any atom is 0.335 e. The second-order valence-electron chi connectivity index (χ2n) is 7.61. The number of benzene rings is 2. The van der Waals surface area contributed by atoms with Crippen LogP contribution in [0.4, 0.5) is 5.69 Å². The molecule has 32 heavy (non-hydrogen) atoms. The largest absolute Gasteiger partial charge is 0.478 e. The molecule has 0 saturated carbocycles. The molecule has 0 amide bonds. The van der Waals surface area contributed by atoms with Crippen LogP contribution in [0.15, 0.2) is 76.4 Å². The summed E-state index contributed by atoms with van der Waals surface area (Å²) >= 11 is 6.36. The number of carboxylic acids is 1. The van der Waals surface area contributed by atoms with Crippen molar-refractivity contribution in [2.24, 2.45) is 17.0 Å². The molecule has 1 atom stereocenters. The van der Waals surface area contributed by atoms with E-state index in [1.165, 1.54) is 0 Å². The number of carboxylic acid groups (broad SMARTS) is 1. The summed E-state index contributed by atoms with van der Waals surface area (Å²) in [6, 6.07) is 16.4. The number of aromatic nitrogens is 1. The van der Waals surface area contributed by atoms with Crippen LogP contribution in [0.25, 0.3) is 5.70 Å². The van der Waals surface area contributed by atoms with E-state index in [2.05, 4.69) is 15.6 Å². The summed E-state index contributed by atoms with van der Waals surface area (Å²) in [4.78, 5) is 20.6. The third kappa shape index (κ3) is 3.67. The number of nitrogens with zero attached hydrogens (tertiary/aromatic N) is 3. The standard InChI is InChI=1S/C24H20ClN5O2/c1-30-10-2-3-20(30)22-19-11-16(25)6-9-18(19)21-15(12-26-22)13-27-24(29-21)28-17-7-4-14(5-8-17)23(31)32/h2-11,13,24,28-29H,12H2,1H3,(H,31,32). The molecule has 3 N–H and O–H groups in total. The molecule has 0 aliphatic carbocycles. The van der Waals surface area contributed by atoms with E-state index >= 15 is 0 Å². The van der Waals surface area contributed by atoms with Crippen LogP contribution in [0.3, 0.4) is 0 Å². The molecule has 7 nitrogen and oxygen atoms in total. The van der Waals surface area contributed by atoms with Gasteiger partial charge in [0.05, 0.1) is 29.2 Å². The van der Waals surface area contributed by atoms with Crippen molar-refractivity contribution in [2.45, 2.75) is 6.29 Å². The van der Waals surface area contributed by atoms with E-state index in [4.69, 9.17) is 21.7 Å². The summed E-state index contributed by atoms with van der Waals surface area (Å²) in [6.07, 6.45) is 3.42. The predicted molar refractivity (Wildman–Crippen MR) is 127 cm³/mol. The number of aryl methyl sites for hydroxylation is 1. The van der Waals surface area contributed by atoms with E-state index in [1.807, 2.05) is 54.4 Å². The summed E-state index contributed by atoms with van der Waals surface area (Å²) in [6.45, 7) is 0.485. The Balaban J connectivity index is 1.47. The molecular weight excluding hydrogens is 426 g/mol. The fourth-order valence-corrected chi connectivity index (χ4v) is 4.08. The van der Waals surface area contributed by atoms with Gasteiger partial charge in [0.2, 0.25) is 0 Å². The van der Waals surface area contributed by atoms with Crippen LogP contribution in [-0.4, -0.2) is 40.4 Å². The number of rotatable bonds is 4. The number of hydrogen-bond donors (Lipinski definition) is 3. The molecule has 2 aliphatic rings. The lowest BCUT2D eigenvalue weighted by Crippen LogP contribution is -2.37. The van der Waals surface area contributed by atoms with Crippen LogP contribution < -0.4 is 10.6 Å². The molecule has 1 aromatic heterocycles. The highest BCUT2D eigenvalue weighted by atomic mass is 35.5. The Morgan fingerprint density at radius 2 is 2.00 bits per heavy atom. The lowest BCUT2D eigenvalue weighted by Gasteiger charge is -2.26. The van der Waals surface area contributed by atoms with Gasteiger partial charge in [-0.25, -0.2) is 9.79 Å². The highest BCUT2D eigenvalue weighted by Crippen LogP contribution is 2.30. The monoisotopic (exact) mass is 445 g/mol. The van der Waals surface area contributed by atoms with Crippen molar-refractivity contribution in [3.63, 3.8) is 0 Å². The van der Waals surface area contributed by atoms with Gasteiger partial charge in [-0.05, 0) is 48.5 Å². The average Bonchev–Trinajstić information content (AvgIpc) is 3.14. The minimum atomic E-state index is -0.956. The normalized spacial score (nSPS) is 17.1. The Morgan fingerprint density at radius 1 is 1.19 bits per heavy atom. The zero-order valence-electron chi connectivity index (χ0n) is 17.2. The molecule has 3 heterocycles. The first-order chi connectivity index (χ1) is 15.5. The molecule has 0 radical (unpaired) electrons. The molecule has 0 saturated heterocycles. The SMILES string of the molecule is Cn1cccc1C1=NCC2=C(NC(Nc3ccc(C(=O)O)cc3)N=C2)c2ccc(Cl)cc21. The molecular formula is C24H20ClN5O2. The fraction of sp³-hybridized carbons (Fsp3) is 0.125. The zero-order chi connectivity index (χ0) is 22.2. The van der Waals surface area contributed by atoms with Crippen molar-refractivity contribution in [1.29, 1.82) is 0 Å². The Kier molecular flexibility index (Phi) is 5.03. The average molecular weight is 446 g/mol. The summed E-state index contributed by atoms with van der Waals surface area (Å²) < 4.78 is 2.04. The Labute approximate surface area is 189 Å². The number of carbonyl (C=O) groups is 1. The van der Waals surface area contributed by atoms with Gasteiger partial charge < -0.3 is 20.3 Å².